The van der Waals surface area contributed by atoms with Gasteiger partial charge < -0.3 is 9.47 Å². The van der Waals surface area contributed by atoms with Crippen LogP contribution in [-0.4, -0.2) is 28.8 Å². The van der Waals surface area contributed by atoms with E-state index in [1.807, 2.05) is 0 Å². The van der Waals surface area contributed by atoms with E-state index in [2.05, 4.69) is 14.5 Å². The number of fused-ring (bicyclic) bond motifs is 1. The van der Waals surface area contributed by atoms with Crippen molar-refractivity contribution in [3.05, 3.63) is 30.2 Å². The Balaban J connectivity index is 2.45. The Bertz CT molecular complexity index is 592. The predicted octanol–water partition coefficient (Wildman–Crippen LogP) is 2.02. The number of rotatable bonds is 2. The van der Waals surface area contributed by atoms with Gasteiger partial charge in [-0.3, -0.25) is 4.40 Å². The molecule has 2 rings (SSSR count). The molecule has 0 spiro atoms. The van der Waals surface area contributed by atoms with Crippen LogP contribution < -0.4 is 4.74 Å². The van der Waals surface area contributed by atoms with Crippen LogP contribution in [0.4, 0.5) is 13.2 Å². The molecular weight excluding hydrogens is 253 g/mol. The molecule has 0 radical (unpaired) electrons. The first-order valence-corrected chi connectivity index (χ1v) is 4.72. The van der Waals surface area contributed by atoms with E-state index in [1.165, 1.54) is 12.3 Å². The Labute approximate surface area is 98.7 Å². The molecule has 0 amide bonds. The minimum atomic E-state index is -4.79. The maximum Gasteiger partial charge on any atom is 0.573 e. The van der Waals surface area contributed by atoms with Gasteiger partial charge in [0.25, 0.3) is 0 Å². The zero-order chi connectivity index (χ0) is 13.3. The van der Waals surface area contributed by atoms with Crippen LogP contribution >= 0.6 is 0 Å². The number of nitrogens with zero attached hydrogens (tertiary/aromatic N) is 2. The molecule has 0 N–H and O–H groups in total. The first-order chi connectivity index (χ1) is 8.40. The fourth-order valence-corrected chi connectivity index (χ4v) is 1.41. The summed E-state index contributed by atoms with van der Waals surface area (Å²) in [6.45, 7) is 0. The highest BCUT2D eigenvalue weighted by Gasteiger charge is 2.31. The summed E-state index contributed by atoms with van der Waals surface area (Å²) in [5.74, 6) is -1.15. The molecule has 18 heavy (non-hydrogen) atoms. The zero-order valence-corrected chi connectivity index (χ0v) is 9.06. The third-order valence-electron chi connectivity index (χ3n) is 2.11. The number of hydrogen-bond acceptors (Lipinski definition) is 4. The third-order valence-corrected chi connectivity index (χ3v) is 2.11. The van der Waals surface area contributed by atoms with E-state index in [1.54, 1.807) is 0 Å². The molecule has 8 heteroatoms. The topological polar surface area (TPSA) is 52.8 Å². The smallest absolute Gasteiger partial charge is 0.464 e. The first-order valence-electron chi connectivity index (χ1n) is 4.72. The van der Waals surface area contributed by atoms with Crippen molar-refractivity contribution in [1.82, 2.24) is 9.38 Å². The van der Waals surface area contributed by atoms with Crippen molar-refractivity contribution >= 4 is 11.6 Å². The van der Waals surface area contributed by atoms with Gasteiger partial charge in [-0.05, 0) is 12.1 Å². The first kappa shape index (κ1) is 12.2. The normalized spacial score (nSPS) is 11.6. The average Bonchev–Trinajstić information content (AvgIpc) is 2.69. The summed E-state index contributed by atoms with van der Waals surface area (Å²) >= 11 is 0. The summed E-state index contributed by atoms with van der Waals surface area (Å²) in [5, 5.41) is 0. The lowest BCUT2D eigenvalue weighted by atomic mass is 10.4. The Kier molecular flexibility index (Phi) is 2.85. The summed E-state index contributed by atoms with van der Waals surface area (Å²) < 4.78 is 45.5. The van der Waals surface area contributed by atoms with Gasteiger partial charge in [-0.1, -0.05) is 0 Å². The molecule has 2 heterocycles. The molecule has 0 aliphatic carbocycles. The van der Waals surface area contributed by atoms with E-state index in [0.717, 1.165) is 23.8 Å². The highest BCUT2D eigenvalue weighted by Crippen LogP contribution is 2.23. The molecule has 0 aliphatic rings. The van der Waals surface area contributed by atoms with Crippen molar-refractivity contribution in [2.45, 2.75) is 6.36 Å². The van der Waals surface area contributed by atoms with E-state index in [-0.39, 0.29) is 5.69 Å². The molecule has 5 nitrogen and oxygen atoms in total. The lowest BCUT2D eigenvalue weighted by molar-refractivity contribution is -0.274. The highest BCUT2D eigenvalue weighted by atomic mass is 19.4. The van der Waals surface area contributed by atoms with E-state index in [4.69, 9.17) is 0 Å². The Hall–Kier alpha value is -2.25. The van der Waals surface area contributed by atoms with E-state index in [0.29, 0.717) is 5.65 Å². The molecule has 2 aromatic rings. The van der Waals surface area contributed by atoms with Crippen molar-refractivity contribution < 1.29 is 27.4 Å². The fraction of sp³-hybridized carbons (Fsp3) is 0.200. The monoisotopic (exact) mass is 260 g/mol. The largest absolute Gasteiger partial charge is 0.573 e. The van der Waals surface area contributed by atoms with E-state index < -0.39 is 18.1 Å². The van der Waals surface area contributed by atoms with E-state index >= 15 is 0 Å². The third kappa shape index (κ3) is 2.36. The molecule has 0 unspecified atom stereocenters. The molecule has 0 saturated carbocycles. The summed E-state index contributed by atoms with van der Waals surface area (Å²) in [4.78, 5) is 15.2. The van der Waals surface area contributed by atoms with Crippen molar-refractivity contribution in [3.63, 3.8) is 0 Å². The van der Waals surface area contributed by atoms with Crippen molar-refractivity contribution in [2.24, 2.45) is 0 Å². The molecule has 2 aromatic heterocycles. The molecule has 0 atom stereocenters. The number of esters is 1. The molecule has 0 aliphatic heterocycles. The molecule has 0 bridgehead atoms. The van der Waals surface area contributed by atoms with Crippen LogP contribution in [0.2, 0.25) is 0 Å². The number of pyridine rings is 1. The number of halogens is 3. The number of alkyl halides is 3. The van der Waals surface area contributed by atoms with Gasteiger partial charge in [0.05, 0.1) is 19.5 Å². The Morgan fingerprint density at radius 3 is 2.72 bits per heavy atom. The predicted molar refractivity (Wildman–Crippen MR) is 53.2 cm³/mol. The average molecular weight is 260 g/mol. The van der Waals surface area contributed by atoms with Crippen LogP contribution in [0.5, 0.6) is 5.75 Å². The summed E-state index contributed by atoms with van der Waals surface area (Å²) in [6, 6.07) is 2.41. The second-order valence-corrected chi connectivity index (χ2v) is 3.28. The van der Waals surface area contributed by atoms with Crippen LogP contribution in [0.15, 0.2) is 24.5 Å². The lowest BCUT2D eigenvalue weighted by Gasteiger charge is -2.09. The van der Waals surface area contributed by atoms with Crippen LogP contribution in [0, 0.1) is 0 Å². The Morgan fingerprint density at radius 2 is 2.11 bits per heavy atom. The molecule has 96 valence electrons. The maximum absolute atomic E-state index is 12.1. The summed E-state index contributed by atoms with van der Waals surface area (Å²) in [7, 11) is 1.16. The van der Waals surface area contributed by atoms with Crippen molar-refractivity contribution in [3.8, 4) is 5.75 Å². The van der Waals surface area contributed by atoms with Gasteiger partial charge in [0.1, 0.15) is 11.4 Å². The fourth-order valence-electron chi connectivity index (χ4n) is 1.41. The molecular formula is C10H7F3N2O3. The number of methoxy groups -OCH3 is 1. The van der Waals surface area contributed by atoms with Gasteiger partial charge >= 0.3 is 12.3 Å². The number of hydrogen-bond donors (Lipinski definition) is 0. The second-order valence-electron chi connectivity index (χ2n) is 3.28. The SMILES string of the molecule is COC(=O)c1cnc2ccc(OC(F)(F)F)cn12. The van der Waals surface area contributed by atoms with Crippen LogP contribution in [0.25, 0.3) is 5.65 Å². The lowest BCUT2D eigenvalue weighted by Crippen LogP contribution is -2.17. The van der Waals surface area contributed by atoms with Gasteiger partial charge in [-0.15, -0.1) is 13.2 Å². The van der Waals surface area contributed by atoms with Crippen molar-refractivity contribution in [2.75, 3.05) is 7.11 Å². The summed E-state index contributed by atoms with van der Waals surface area (Å²) in [6.07, 6.45) is -2.57. The van der Waals surface area contributed by atoms with Crippen molar-refractivity contribution in [1.29, 1.82) is 0 Å². The van der Waals surface area contributed by atoms with Gasteiger partial charge in [-0.25, -0.2) is 9.78 Å². The Morgan fingerprint density at radius 1 is 1.39 bits per heavy atom. The maximum atomic E-state index is 12.1. The highest BCUT2D eigenvalue weighted by molar-refractivity contribution is 5.88. The second kappa shape index (κ2) is 4.21. The van der Waals surface area contributed by atoms with Crippen LogP contribution in [0.3, 0.4) is 0 Å². The molecule has 0 saturated heterocycles. The quantitative estimate of drug-likeness (QED) is 0.775. The van der Waals surface area contributed by atoms with E-state index in [9.17, 15) is 18.0 Å². The number of carbonyl (C=O) groups is 1. The minimum Gasteiger partial charge on any atom is -0.464 e. The zero-order valence-electron chi connectivity index (χ0n) is 9.06. The summed E-state index contributed by atoms with van der Waals surface area (Å²) in [5.41, 5.74) is 0.324. The number of carbonyl (C=O) groups excluding carboxylic acids is 1. The molecule has 0 aromatic carbocycles. The molecule has 0 fully saturated rings. The van der Waals surface area contributed by atoms with Gasteiger partial charge in [0, 0.05) is 0 Å². The number of imidazole rings is 1. The van der Waals surface area contributed by atoms with Gasteiger partial charge in [-0.2, -0.15) is 0 Å². The number of ether oxygens (including phenoxy) is 2. The van der Waals surface area contributed by atoms with Crippen LogP contribution in [0.1, 0.15) is 10.5 Å². The van der Waals surface area contributed by atoms with Crippen LogP contribution in [-0.2, 0) is 4.74 Å². The standard InChI is InChI=1S/C10H7F3N2O3/c1-17-9(16)7-4-14-8-3-2-6(5-15(7)8)18-10(11,12)13/h2-5H,1H3. The number of aromatic nitrogens is 2. The minimum absolute atomic E-state index is 0.0140. The van der Waals surface area contributed by atoms with Gasteiger partial charge in [0.15, 0.2) is 5.69 Å². The van der Waals surface area contributed by atoms with Gasteiger partial charge in [0.2, 0.25) is 0 Å².